The van der Waals surface area contributed by atoms with Gasteiger partial charge in [0.1, 0.15) is 11.3 Å². The van der Waals surface area contributed by atoms with Gasteiger partial charge in [-0.2, -0.15) is 0 Å². The van der Waals surface area contributed by atoms with Crippen LogP contribution >= 0.6 is 0 Å². The third-order valence-corrected chi connectivity index (χ3v) is 7.38. The van der Waals surface area contributed by atoms with Crippen molar-refractivity contribution in [2.24, 2.45) is 0 Å². The molecule has 1 aliphatic carbocycles. The molecule has 0 bridgehead atoms. The number of ether oxygens (including phenoxy) is 2. The van der Waals surface area contributed by atoms with Crippen molar-refractivity contribution in [1.29, 1.82) is 0 Å². The number of nitrogens with one attached hydrogen (secondary N) is 1. The number of fused-ring (bicyclic) bond motifs is 2. The molecule has 1 saturated heterocycles. The average Bonchev–Trinajstić information content (AvgIpc) is 3.20. The van der Waals surface area contributed by atoms with Crippen LogP contribution in [0.1, 0.15) is 41.6 Å². The maximum atomic E-state index is 12.3. The molecule has 3 heterocycles. The van der Waals surface area contributed by atoms with E-state index in [9.17, 15) is 4.79 Å². The Balaban J connectivity index is 1.14. The lowest BCUT2D eigenvalue weighted by Gasteiger charge is -2.32. The van der Waals surface area contributed by atoms with Gasteiger partial charge in [-0.1, -0.05) is 6.07 Å². The predicted octanol–water partition coefficient (Wildman–Crippen LogP) is 3.85. The lowest BCUT2D eigenvalue weighted by Crippen LogP contribution is -2.36. The number of carbonyl (C=O) groups is 1. The normalized spacial score (nSPS) is 22.4. The summed E-state index contributed by atoms with van der Waals surface area (Å²) in [5.74, 6) is 0.923. The molecular weight excluding hydrogens is 442 g/mol. The molecule has 6 rings (SSSR count). The summed E-state index contributed by atoms with van der Waals surface area (Å²) in [6.45, 7) is 3.88. The third kappa shape index (κ3) is 4.38. The fraction of sp³-hybridized carbons (Fsp3) is 0.444. The molecule has 0 atom stereocenters. The molecule has 8 nitrogen and oxygen atoms in total. The van der Waals surface area contributed by atoms with Crippen molar-refractivity contribution in [1.82, 2.24) is 14.9 Å². The number of amides is 1. The molecule has 0 unspecified atom stereocenters. The van der Waals surface area contributed by atoms with E-state index in [1.807, 2.05) is 19.2 Å². The Morgan fingerprint density at radius 1 is 1.06 bits per heavy atom. The van der Waals surface area contributed by atoms with Crippen molar-refractivity contribution in [2.45, 2.75) is 44.4 Å². The number of anilines is 2. The van der Waals surface area contributed by atoms with Crippen molar-refractivity contribution in [3.63, 3.8) is 0 Å². The first-order valence-electron chi connectivity index (χ1n) is 12.5. The van der Waals surface area contributed by atoms with Gasteiger partial charge in [0.25, 0.3) is 5.91 Å². The minimum atomic E-state index is 0.107. The van der Waals surface area contributed by atoms with E-state index in [-0.39, 0.29) is 12.0 Å². The van der Waals surface area contributed by atoms with Gasteiger partial charge in [-0.3, -0.25) is 9.78 Å². The molecule has 3 aliphatic rings. The molecule has 2 aromatic carbocycles. The van der Waals surface area contributed by atoms with Crippen LogP contribution < -0.4 is 15.0 Å². The number of morpholine rings is 1. The van der Waals surface area contributed by atoms with E-state index in [0.717, 1.165) is 91.3 Å². The van der Waals surface area contributed by atoms with Crippen LogP contribution in [0.4, 0.5) is 11.4 Å². The average molecular weight is 474 g/mol. The van der Waals surface area contributed by atoms with Crippen LogP contribution in [0.2, 0.25) is 0 Å². The summed E-state index contributed by atoms with van der Waals surface area (Å²) in [6.07, 6.45) is 7.58. The molecule has 2 fully saturated rings. The number of hydrogen-bond donors (Lipinski definition) is 1. The minimum Gasteiger partial charge on any atom is -0.488 e. The van der Waals surface area contributed by atoms with Crippen molar-refractivity contribution in [3.05, 3.63) is 53.9 Å². The quantitative estimate of drug-likeness (QED) is 0.603. The number of carbonyl (C=O) groups excluding carboxylic acids is 1. The van der Waals surface area contributed by atoms with E-state index >= 15 is 0 Å². The molecule has 0 spiro atoms. The van der Waals surface area contributed by atoms with E-state index in [0.29, 0.717) is 12.6 Å². The molecule has 1 aromatic heterocycles. The molecular formula is C27H31N5O3. The topological polar surface area (TPSA) is 79.8 Å². The Morgan fingerprint density at radius 3 is 2.69 bits per heavy atom. The van der Waals surface area contributed by atoms with E-state index < -0.39 is 0 Å². The standard InChI is InChI=1S/C27H31N5O3/c1-31-17-22-21(27(31)33)3-2-4-23(22)30-18-5-7-20(8-6-18)35-25-16-19(32-11-13-34-14-12-32)15-24-26(25)29-10-9-28-24/h2-4,9-10,15-16,18,20,30H,5-8,11-14,17H2,1H3. The Labute approximate surface area is 205 Å². The first-order chi connectivity index (χ1) is 17.2. The second-order valence-corrected chi connectivity index (χ2v) is 9.70. The zero-order valence-corrected chi connectivity index (χ0v) is 20.1. The van der Waals surface area contributed by atoms with Crippen LogP contribution in [0.3, 0.4) is 0 Å². The highest BCUT2D eigenvalue weighted by molar-refractivity contribution is 5.99. The van der Waals surface area contributed by atoms with Gasteiger partial charge in [-0.15, -0.1) is 0 Å². The Kier molecular flexibility index (Phi) is 5.90. The highest BCUT2D eigenvalue weighted by atomic mass is 16.5. The van der Waals surface area contributed by atoms with Crippen molar-refractivity contribution < 1.29 is 14.3 Å². The predicted molar refractivity (Wildman–Crippen MR) is 135 cm³/mol. The van der Waals surface area contributed by atoms with E-state index in [2.05, 4.69) is 38.4 Å². The number of hydrogen-bond acceptors (Lipinski definition) is 7. The van der Waals surface area contributed by atoms with Gasteiger partial charge in [-0.05, 0) is 43.9 Å². The molecule has 8 heteroatoms. The molecule has 2 aliphatic heterocycles. The minimum absolute atomic E-state index is 0.107. The third-order valence-electron chi connectivity index (χ3n) is 7.38. The van der Waals surface area contributed by atoms with Gasteiger partial charge in [0, 0.05) is 73.7 Å². The van der Waals surface area contributed by atoms with Crippen molar-refractivity contribution in [3.8, 4) is 5.75 Å². The van der Waals surface area contributed by atoms with E-state index in [1.165, 1.54) is 0 Å². The maximum absolute atomic E-state index is 12.3. The Bertz CT molecular complexity index is 1230. The largest absolute Gasteiger partial charge is 0.488 e. The van der Waals surface area contributed by atoms with Gasteiger partial charge in [-0.25, -0.2) is 4.98 Å². The van der Waals surface area contributed by atoms with Gasteiger partial charge in [0.15, 0.2) is 0 Å². The first-order valence-corrected chi connectivity index (χ1v) is 12.5. The Morgan fingerprint density at radius 2 is 1.86 bits per heavy atom. The lowest BCUT2D eigenvalue weighted by molar-refractivity contribution is 0.0816. The zero-order valence-electron chi connectivity index (χ0n) is 20.1. The van der Waals surface area contributed by atoms with Crippen LogP contribution in [0.15, 0.2) is 42.7 Å². The van der Waals surface area contributed by atoms with Gasteiger partial charge in [0.05, 0.1) is 24.8 Å². The highest BCUT2D eigenvalue weighted by Crippen LogP contribution is 2.34. The fourth-order valence-electron chi connectivity index (χ4n) is 5.45. The number of benzene rings is 2. The van der Waals surface area contributed by atoms with Crippen LogP contribution in [-0.4, -0.2) is 66.3 Å². The fourth-order valence-corrected chi connectivity index (χ4v) is 5.45. The Hall–Kier alpha value is -3.39. The molecule has 1 N–H and O–H groups in total. The zero-order chi connectivity index (χ0) is 23.8. The van der Waals surface area contributed by atoms with Gasteiger partial charge >= 0.3 is 0 Å². The number of rotatable bonds is 5. The summed E-state index contributed by atoms with van der Waals surface area (Å²) in [5, 5.41) is 3.71. The molecule has 1 saturated carbocycles. The summed E-state index contributed by atoms with van der Waals surface area (Å²) in [6, 6.07) is 10.6. The second-order valence-electron chi connectivity index (χ2n) is 9.70. The summed E-state index contributed by atoms with van der Waals surface area (Å²) >= 11 is 0. The molecule has 1 amide bonds. The van der Waals surface area contributed by atoms with E-state index in [4.69, 9.17) is 9.47 Å². The second kappa shape index (κ2) is 9.34. The van der Waals surface area contributed by atoms with Crippen molar-refractivity contribution in [2.75, 3.05) is 43.6 Å². The van der Waals surface area contributed by atoms with E-state index in [1.54, 1.807) is 17.3 Å². The number of aromatic nitrogens is 2. The maximum Gasteiger partial charge on any atom is 0.254 e. The summed E-state index contributed by atoms with van der Waals surface area (Å²) < 4.78 is 12.1. The van der Waals surface area contributed by atoms with Gasteiger partial charge < -0.3 is 24.6 Å². The molecule has 3 aromatic rings. The summed E-state index contributed by atoms with van der Waals surface area (Å²) in [7, 11) is 1.86. The van der Waals surface area contributed by atoms with Crippen LogP contribution in [0.5, 0.6) is 5.75 Å². The number of nitrogens with zero attached hydrogens (tertiary/aromatic N) is 4. The van der Waals surface area contributed by atoms with Crippen LogP contribution in [-0.2, 0) is 11.3 Å². The first kappa shape index (κ1) is 22.1. The van der Waals surface area contributed by atoms with Crippen molar-refractivity contribution >= 4 is 28.3 Å². The molecule has 182 valence electrons. The van der Waals surface area contributed by atoms with Gasteiger partial charge in [0.2, 0.25) is 0 Å². The highest BCUT2D eigenvalue weighted by Gasteiger charge is 2.29. The molecule has 35 heavy (non-hydrogen) atoms. The van der Waals surface area contributed by atoms with Crippen LogP contribution in [0, 0.1) is 0 Å². The SMILES string of the molecule is CN1Cc2c(NC3CCC(Oc4cc(N5CCOCC5)cc5nccnc45)CC3)cccc2C1=O. The molecule has 0 radical (unpaired) electrons. The monoisotopic (exact) mass is 473 g/mol. The van der Waals surface area contributed by atoms with Crippen LogP contribution in [0.25, 0.3) is 11.0 Å². The summed E-state index contributed by atoms with van der Waals surface area (Å²) in [5.41, 5.74) is 5.82. The summed E-state index contributed by atoms with van der Waals surface area (Å²) in [4.78, 5) is 25.6. The smallest absolute Gasteiger partial charge is 0.254 e. The lowest BCUT2D eigenvalue weighted by atomic mass is 9.92.